The number of aryl methyl sites for hydroxylation is 2. The van der Waals surface area contributed by atoms with Gasteiger partial charge in [-0.25, -0.2) is 0 Å². The average molecular weight is 269 g/mol. The van der Waals surface area contributed by atoms with Gasteiger partial charge in [-0.3, -0.25) is 9.78 Å². The highest BCUT2D eigenvalue weighted by molar-refractivity contribution is 6.05. The molecule has 1 amide bonds. The van der Waals surface area contributed by atoms with E-state index in [9.17, 15) is 4.79 Å². The molecule has 1 heterocycles. The van der Waals surface area contributed by atoms with Crippen molar-refractivity contribution in [1.29, 1.82) is 0 Å². The van der Waals surface area contributed by atoms with E-state index >= 15 is 0 Å². The molecule has 0 aliphatic carbocycles. The minimum Gasteiger partial charge on any atom is -0.324 e. The van der Waals surface area contributed by atoms with E-state index in [1.165, 1.54) is 0 Å². The lowest BCUT2D eigenvalue weighted by Crippen LogP contribution is -2.15. The van der Waals surface area contributed by atoms with Crippen molar-refractivity contribution >= 4 is 11.6 Å². The quantitative estimate of drug-likeness (QED) is 0.900. The number of carbonyl (C=O) groups is 1. The number of anilines is 1. The number of benzene rings is 1. The van der Waals surface area contributed by atoms with Gasteiger partial charge in [-0.05, 0) is 50.6 Å². The van der Waals surface area contributed by atoms with E-state index in [-0.39, 0.29) is 11.9 Å². The summed E-state index contributed by atoms with van der Waals surface area (Å²) in [6, 6.07) is 11.1. The van der Waals surface area contributed by atoms with Crippen molar-refractivity contribution in [3.63, 3.8) is 0 Å². The predicted molar refractivity (Wildman–Crippen MR) is 80.7 cm³/mol. The summed E-state index contributed by atoms with van der Waals surface area (Å²) < 4.78 is 0. The predicted octanol–water partition coefficient (Wildman–Crippen LogP) is 2.97. The molecule has 1 unspecified atom stereocenters. The fraction of sp³-hybridized carbons (Fsp3) is 0.250. The first kappa shape index (κ1) is 14.2. The zero-order valence-corrected chi connectivity index (χ0v) is 12.0. The van der Waals surface area contributed by atoms with Crippen LogP contribution in [0.15, 0.2) is 36.4 Å². The second kappa shape index (κ2) is 5.84. The fourth-order valence-electron chi connectivity index (χ4n) is 2.02. The van der Waals surface area contributed by atoms with Crippen LogP contribution in [-0.4, -0.2) is 10.9 Å². The Balaban J connectivity index is 2.21. The number of hydrogen-bond acceptors (Lipinski definition) is 3. The second-order valence-corrected chi connectivity index (χ2v) is 4.95. The zero-order valence-electron chi connectivity index (χ0n) is 12.0. The van der Waals surface area contributed by atoms with Gasteiger partial charge < -0.3 is 11.1 Å². The van der Waals surface area contributed by atoms with Crippen molar-refractivity contribution in [3.8, 4) is 0 Å². The van der Waals surface area contributed by atoms with Crippen LogP contribution in [0.1, 0.15) is 40.3 Å². The number of nitrogens with one attached hydrogen (secondary N) is 1. The van der Waals surface area contributed by atoms with Gasteiger partial charge in [0.15, 0.2) is 0 Å². The van der Waals surface area contributed by atoms with Crippen molar-refractivity contribution in [3.05, 3.63) is 58.9 Å². The minimum atomic E-state index is -0.156. The highest BCUT2D eigenvalue weighted by Gasteiger charge is 2.11. The fourth-order valence-corrected chi connectivity index (χ4v) is 2.02. The van der Waals surface area contributed by atoms with Crippen LogP contribution in [0.3, 0.4) is 0 Å². The number of nitrogens with two attached hydrogens (primary N) is 1. The van der Waals surface area contributed by atoms with Crippen LogP contribution in [0, 0.1) is 13.8 Å². The van der Waals surface area contributed by atoms with Crippen LogP contribution in [0.2, 0.25) is 0 Å². The first-order chi connectivity index (χ1) is 9.47. The molecule has 0 saturated heterocycles. The molecule has 4 nitrogen and oxygen atoms in total. The van der Waals surface area contributed by atoms with Gasteiger partial charge in [-0.2, -0.15) is 0 Å². The third-order valence-electron chi connectivity index (χ3n) is 3.14. The summed E-state index contributed by atoms with van der Waals surface area (Å²) in [6.07, 6.45) is 0. The van der Waals surface area contributed by atoms with Gasteiger partial charge >= 0.3 is 0 Å². The Kier molecular flexibility index (Phi) is 4.15. The Bertz CT molecular complexity index is 635. The highest BCUT2D eigenvalue weighted by atomic mass is 16.1. The number of hydrogen-bond donors (Lipinski definition) is 2. The summed E-state index contributed by atoms with van der Waals surface area (Å²) in [5.41, 5.74) is 9.78. The number of rotatable bonds is 3. The lowest BCUT2D eigenvalue weighted by Gasteiger charge is -2.10. The molecular formula is C16H19N3O. The van der Waals surface area contributed by atoms with Gasteiger partial charge in [0.2, 0.25) is 0 Å². The molecule has 0 aliphatic rings. The number of nitrogens with zero attached hydrogens (tertiary/aromatic N) is 1. The van der Waals surface area contributed by atoms with Crippen molar-refractivity contribution in [1.82, 2.24) is 4.98 Å². The smallest absolute Gasteiger partial charge is 0.257 e. The van der Waals surface area contributed by atoms with Crippen LogP contribution >= 0.6 is 0 Å². The largest absolute Gasteiger partial charge is 0.324 e. The maximum Gasteiger partial charge on any atom is 0.257 e. The Labute approximate surface area is 119 Å². The lowest BCUT2D eigenvalue weighted by atomic mass is 10.1. The summed E-state index contributed by atoms with van der Waals surface area (Å²) in [4.78, 5) is 16.5. The third-order valence-corrected chi connectivity index (χ3v) is 3.14. The standard InChI is InChI=1S/C16H19N3O/c1-10-7-8-15(12(3)18-10)16(20)19-14-6-4-5-13(9-14)11(2)17/h4-9,11H,17H2,1-3H3,(H,19,20). The normalized spacial score (nSPS) is 12.0. The summed E-state index contributed by atoms with van der Waals surface area (Å²) >= 11 is 0. The summed E-state index contributed by atoms with van der Waals surface area (Å²) in [5, 5.41) is 2.88. The molecule has 1 aromatic carbocycles. The SMILES string of the molecule is Cc1ccc(C(=O)Nc2cccc(C(C)N)c2)c(C)n1. The van der Waals surface area contributed by atoms with Crippen LogP contribution in [-0.2, 0) is 0 Å². The Morgan fingerprint density at radius 3 is 2.65 bits per heavy atom. The number of amides is 1. The van der Waals surface area contributed by atoms with E-state index in [0.717, 1.165) is 22.6 Å². The first-order valence-electron chi connectivity index (χ1n) is 6.58. The zero-order chi connectivity index (χ0) is 14.7. The van der Waals surface area contributed by atoms with Gasteiger partial charge in [0.05, 0.1) is 11.3 Å². The molecule has 2 rings (SSSR count). The van der Waals surface area contributed by atoms with Crippen LogP contribution in [0.25, 0.3) is 0 Å². The summed E-state index contributed by atoms with van der Waals surface area (Å²) in [5.74, 6) is -0.156. The van der Waals surface area contributed by atoms with E-state index < -0.39 is 0 Å². The van der Waals surface area contributed by atoms with E-state index in [1.54, 1.807) is 6.07 Å². The van der Waals surface area contributed by atoms with E-state index in [1.807, 2.05) is 51.1 Å². The number of pyridine rings is 1. The lowest BCUT2D eigenvalue weighted by molar-refractivity contribution is 0.102. The minimum absolute atomic E-state index is 0.0605. The van der Waals surface area contributed by atoms with Crippen molar-refractivity contribution < 1.29 is 4.79 Å². The second-order valence-electron chi connectivity index (χ2n) is 4.95. The third kappa shape index (κ3) is 3.22. The van der Waals surface area contributed by atoms with Gasteiger partial charge in [0.1, 0.15) is 0 Å². The van der Waals surface area contributed by atoms with E-state index in [0.29, 0.717) is 5.56 Å². The van der Waals surface area contributed by atoms with Crippen molar-refractivity contribution in [2.24, 2.45) is 5.73 Å². The summed E-state index contributed by atoms with van der Waals surface area (Å²) in [6.45, 7) is 5.65. The molecule has 4 heteroatoms. The Morgan fingerprint density at radius 1 is 1.25 bits per heavy atom. The molecule has 2 aromatic rings. The van der Waals surface area contributed by atoms with Gasteiger partial charge in [0, 0.05) is 17.4 Å². The van der Waals surface area contributed by atoms with Gasteiger partial charge in [-0.1, -0.05) is 12.1 Å². The maximum absolute atomic E-state index is 12.2. The van der Waals surface area contributed by atoms with Crippen LogP contribution in [0.4, 0.5) is 5.69 Å². The Hall–Kier alpha value is -2.20. The molecule has 1 aromatic heterocycles. The molecular weight excluding hydrogens is 250 g/mol. The monoisotopic (exact) mass is 269 g/mol. The van der Waals surface area contributed by atoms with Crippen molar-refractivity contribution in [2.45, 2.75) is 26.8 Å². The van der Waals surface area contributed by atoms with E-state index in [4.69, 9.17) is 5.73 Å². The molecule has 20 heavy (non-hydrogen) atoms. The van der Waals surface area contributed by atoms with E-state index in [2.05, 4.69) is 10.3 Å². The molecule has 1 atom stereocenters. The average Bonchev–Trinajstić information content (AvgIpc) is 2.38. The number of aromatic nitrogens is 1. The molecule has 0 fully saturated rings. The topological polar surface area (TPSA) is 68.0 Å². The molecule has 0 bridgehead atoms. The highest BCUT2D eigenvalue weighted by Crippen LogP contribution is 2.17. The van der Waals surface area contributed by atoms with Gasteiger partial charge in [-0.15, -0.1) is 0 Å². The summed E-state index contributed by atoms with van der Waals surface area (Å²) in [7, 11) is 0. The number of carbonyl (C=O) groups excluding carboxylic acids is 1. The molecule has 0 saturated carbocycles. The molecule has 0 spiro atoms. The Morgan fingerprint density at radius 2 is 2.00 bits per heavy atom. The molecule has 0 aliphatic heterocycles. The maximum atomic E-state index is 12.2. The molecule has 104 valence electrons. The van der Waals surface area contributed by atoms with Gasteiger partial charge in [0.25, 0.3) is 5.91 Å². The first-order valence-corrected chi connectivity index (χ1v) is 6.58. The molecule has 0 radical (unpaired) electrons. The van der Waals surface area contributed by atoms with Crippen molar-refractivity contribution in [2.75, 3.05) is 5.32 Å². The van der Waals surface area contributed by atoms with Crippen LogP contribution < -0.4 is 11.1 Å². The van der Waals surface area contributed by atoms with Crippen LogP contribution in [0.5, 0.6) is 0 Å². The molecule has 3 N–H and O–H groups in total.